The Hall–Kier alpha value is -1.36. The molecule has 0 aromatic carbocycles. The number of carbonyl (C=O) groups is 1. The van der Waals surface area contributed by atoms with Gasteiger partial charge in [0.2, 0.25) is 5.91 Å². The van der Waals surface area contributed by atoms with Crippen LogP contribution in [-0.2, 0) is 11.8 Å². The van der Waals surface area contributed by atoms with E-state index in [1.54, 1.807) is 0 Å². The van der Waals surface area contributed by atoms with Crippen molar-refractivity contribution in [1.29, 1.82) is 0 Å². The Bertz CT molecular complexity index is 453. The van der Waals surface area contributed by atoms with Crippen LogP contribution in [0.2, 0.25) is 0 Å². The topological polar surface area (TPSA) is 50.2 Å². The van der Waals surface area contributed by atoms with Crippen LogP contribution in [0.5, 0.6) is 0 Å². The molecule has 1 amide bonds. The van der Waals surface area contributed by atoms with Gasteiger partial charge in [0.25, 0.3) is 0 Å². The lowest BCUT2D eigenvalue weighted by Crippen LogP contribution is -2.51. The predicted molar refractivity (Wildman–Crippen MR) is 63.4 cm³/mol. The molecule has 2 saturated heterocycles. The van der Waals surface area contributed by atoms with E-state index >= 15 is 0 Å². The zero-order valence-electron chi connectivity index (χ0n) is 10.3. The normalized spacial score (nSPS) is 28.6. The fraction of sp³-hybridized carbons (Fsp3) is 0.667. The number of carbonyl (C=O) groups excluding carboxylic acids is 1. The molecule has 0 radical (unpaired) electrons. The summed E-state index contributed by atoms with van der Waals surface area (Å²) < 4.78 is 1.85. The molecule has 0 aliphatic carbocycles. The number of rotatable bonds is 1. The molecule has 1 aromatic heterocycles. The van der Waals surface area contributed by atoms with Crippen molar-refractivity contribution < 1.29 is 4.79 Å². The highest BCUT2D eigenvalue weighted by atomic mass is 16.2. The van der Waals surface area contributed by atoms with E-state index in [0.717, 1.165) is 25.2 Å². The lowest BCUT2D eigenvalue weighted by molar-refractivity contribution is -0.130. The molecule has 1 N–H and O–H groups in total. The van der Waals surface area contributed by atoms with Gasteiger partial charge in [0.1, 0.15) is 0 Å². The standard InChI is InChI=1S/C12H18N4O/c1-8-9(7-15(2)14-8)12-10-3-4-11(17)16(10)6-5-13-12/h7,10,12-13H,3-6H2,1-2H3. The van der Waals surface area contributed by atoms with Gasteiger partial charge < -0.3 is 10.2 Å². The second kappa shape index (κ2) is 3.84. The Balaban J connectivity index is 1.92. The molecular formula is C12H18N4O. The highest BCUT2D eigenvalue weighted by Gasteiger charge is 2.40. The van der Waals surface area contributed by atoms with Crippen molar-refractivity contribution in [3.05, 3.63) is 17.5 Å². The number of hydrogen-bond acceptors (Lipinski definition) is 3. The van der Waals surface area contributed by atoms with Gasteiger partial charge >= 0.3 is 0 Å². The van der Waals surface area contributed by atoms with Gasteiger partial charge in [-0.05, 0) is 13.3 Å². The van der Waals surface area contributed by atoms with Crippen molar-refractivity contribution in [2.75, 3.05) is 13.1 Å². The van der Waals surface area contributed by atoms with Crippen molar-refractivity contribution in [1.82, 2.24) is 20.0 Å². The quantitative estimate of drug-likeness (QED) is 0.763. The molecule has 3 heterocycles. The molecule has 17 heavy (non-hydrogen) atoms. The number of amides is 1. The van der Waals surface area contributed by atoms with Crippen LogP contribution in [0.1, 0.15) is 30.1 Å². The predicted octanol–water partition coefficient (Wildman–Crippen LogP) is 0.364. The van der Waals surface area contributed by atoms with E-state index in [2.05, 4.69) is 16.6 Å². The van der Waals surface area contributed by atoms with Gasteiger partial charge in [-0.15, -0.1) is 0 Å². The highest BCUT2D eigenvalue weighted by Crippen LogP contribution is 2.33. The van der Waals surface area contributed by atoms with E-state index < -0.39 is 0 Å². The summed E-state index contributed by atoms with van der Waals surface area (Å²) in [5, 5.41) is 7.93. The number of aryl methyl sites for hydroxylation is 2. The zero-order valence-corrected chi connectivity index (χ0v) is 10.3. The summed E-state index contributed by atoms with van der Waals surface area (Å²) in [5.41, 5.74) is 2.29. The smallest absolute Gasteiger partial charge is 0.223 e. The highest BCUT2D eigenvalue weighted by molar-refractivity contribution is 5.79. The van der Waals surface area contributed by atoms with Gasteiger partial charge in [-0.1, -0.05) is 0 Å². The third-order valence-electron chi connectivity index (χ3n) is 3.86. The van der Waals surface area contributed by atoms with Crippen molar-refractivity contribution in [2.24, 2.45) is 7.05 Å². The molecule has 2 fully saturated rings. The van der Waals surface area contributed by atoms with Crippen LogP contribution < -0.4 is 5.32 Å². The van der Waals surface area contributed by atoms with E-state index in [-0.39, 0.29) is 6.04 Å². The molecule has 0 saturated carbocycles. The summed E-state index contributed by atoms with van der Waals surface area (Å²) in [7, 11) is 1.94. The molecule has 2 aliphatic rings. The Morgan fingerprint density at radius 3 is 3.06 bits per heavy atom. The molecule has 1 aromatic rings. The fourth-order valence-electron chi connectivity index (χ4n) is 3.11. The minimum atomic E-state index is 0.254. The van der Waals surface area contributed by atoms with Gasteiger partial charge in [-0.25, -0.2) is 0 Å². The van der Waals surface area contributed by atoms with Crippen LogP contribution in [0.15, 0.2) is 6.20 Å². The van der Waals surface area contributed by atoms with Crippen molar-refractivity contribution in [2.45, 2.75) is 31.8 Å². The van der Waals surface area contributed by atoms with E-state index in [4.69, 9.17) is 0 Å². The molecule has 2 atom stereocenters. The SMILES string of the molecule is Cc1nn(C)cc1C1NCCN2C(=O)CCC12. The van der Waals surface area contributed by atoms with Crippen molar-refractivity contribution >= 4 is 5.91 Å². The summed E-state index contributed by atoms with van der Waals surface area (Å²) >= 11 is 0. The van der Waals surface area contributed by atoms with E-state index in [1.165, 1.54) is 5.56 Å². The first-order valence-corrected chi connectivity index (χ1v) is 6.20. The van der Waals surface area contributed by atoms with E-state index in [0.29, 0.717) is 18.4 Å². The van der Waals surface area contributed by atoms with Gasteiger partial charge in [0.05, 0.1) is 17.8 Å². The number of nitrogens with one attached hydrogen (secondary N) is 1. The van der Waals surface area contributed by atoms with E-state index in [1.807, 2.05) is 23.6 Å². The molecular weight excluding hydrogens is 216 g/mol. The number of piperazine rings is 1. The van der Waals surface area contributed by atoms with Crippen LogP contribution in [0.4, 0.5) is 0 Å². The second-order valence-corrected chi connectivity index (χ2v) is 4.97. The first kappa shape index (κ1) is 10.8. The molecule has 2 unspecified atom stereocenters. The van der Waals surface area contributed by atoms with Crippen LogP contribution in [0.25, 0.3) is 0 Å². The monoisotopic (exact) mass is 234 g/mol. The maximum Gasteiger partial charge on any atom is 0.223 e. The lowest BCUT2D eigenvalue weighted by atomic mass is 9.96. The van der Waals surface area contributed by atoms with Gasteiger partial charge in [-0.3, -0.25) is 9.48 Å². The number of fused-ring (bicyclic) bond motifs is 1. The molecule has 0 spiro atoms. The molecule has 2 aliphatic heterocycles. The third-order valence-corrected chi connectivity index (χ3v) is 3.86. The first-order valence-electron chi connectivity index (χ1n) is 6.20. The summed E-state index contributed by atoms with van der Waals surface area (Å²) in [6, 6.07) is 0.572. The summed E-state index contributed by atoms with van der Waals surface area (Å²) in [5.74, 6) is 0.308. The average molecular weight is 234 g/mol. The minimum absolute atomic E-state index is 0.254. The van der Waals surface area contributed by atoms with Crippen LogP contribution >= 0.6 is 0 Å². The van der Waals surface area contributed by atoms with Crippen molar-refractivity contribution in [3.63, 3.8) is 0 Å². The Kier molecular flexibility index (Phi) is 2.43. The van der Waals surface area contributed by atoms with Gasteiger partial charge in [-0.2, -0.15) is 5.10 Å². The van der Waals surface area contributed by atoms with Crippen LogP contribution in [0, 0.1) is 6.92 Å². The lowest BCUT2D eigenvalue weighted by Gasteiger charge is -2.37. The van der Waals surface area contributed by atoms with Crippen LogP contribution in [-0.4, -0.2) is 39.7 Å². The number of nitrogens with zero attached hydrogens (tertiary/aromatic N) is 3. The van der Waals surface area contributed by atoms with Gasteiger partial charge in [0, 0.05) is 38.3 Å². The molecule has 3 rings (SSSR count). The largest absolute Gasteiger partial charge is 0.337 e. The molecule has 92 valence electrons. The molecule has 5 heteroatoms. The molecule has 5 nitrogen and oxygen atoms in total. The summed E-state index contributed by atoms with van der Waals surface area (Å²) in [6.45, 7) is 3.76. The minimum Gasteiger partial charge on any atom is -0.337 e. The zero-order chi connectivity index (χ0) is 12.0. The number of aromatic nitrogens is 2. The molecule has 0 bridgehead atoms. The Morgan fingerprint density at radius 2 is 2.35 bits per heavy atom. The summed E-state index contributed by atoms with van der Waals surface area (Å²) in [6.07, 6.45) is 3.73. The maximum atomic E-state index is 11.8. The third kappa shape index (κ3) is 1.65. The summed E-state index contributed by atoms with van der Waals surface area (Å²) in [4.78, 5) is 13.8. The Labute approximate surface area is 101 Å². The van der Waals surface area contributed by atoms with E-state index in [9.17, 15) is 4.79 Å². The fourth-order valence-corrected chi connectivity index (χ4v) is 3.11. The van der Waals surface area contributed by atoms with Crippen LogP contribution in [0.3, 0.4) is 0 Å². The Morgan fingerprint density at radius 1 is 1.53 bits per heavy atom. The maximum absolute atomic E-state index is 11.8. The number of hydrogen-bond donors (Lipinski definition) is 1. The first-order chi connectivity index (χ1) is 8.16. The van der Waals surface area contributed by atoms with Gasteiger partial charge in [0.15, 0.2) is 0 Å². The van der Waals surface area contributed by atoms with Crippen molar-refractivity contribution in [3.8, 4) is 0 Å². The average Bonchev–Trinajstić information content (AvgIpc) is 2.83. The second-order valence-electron chi connectivity index (χ2n) is 4.97.